The number of nitrogens with zero attached hydrogens (tertiary/aromatic N) is 2. The summed E-state index contributed by atoms with van der Waals surface area (Å²) in [5, 5.41) is 22.0. The quantitative estimate of drug-likeness (QED) is 0.668. The highest BCUT2D eigenvalue weighted by molar-refractivity contribution is 5.98. The molecule has 100 valence electrons. The summed E-state index contributed by atoms with van der Waals surface area (Å²) >= 11 is 0. The molecule has 1 aromatic rings. The molecule has 1 atom stereocenters. The van der Waals surface area contributed by atoms with Crippen molar-refractivity contribution in [3.8, 4) is 6.07 Å². The summed E-state index contributed by atoms with van der Waals surface area (Å²) in [6.07, 6.45) is 0.254. The molecule has 0 fully saturated rings. The monoisotopic (exact) mass is 265 g/mol. The van der Waals surface area contributed by atoms with Crippen LogP contribution in [0.2, 0.25) is 0 Å². The molecular formula is C12H12FN3O3. The lowest BCUT2D eigenvalue weighted by Crippen LogP contribution is -2.31. The van der Waals surface area contributed by atoms with Crippen molar-refractivity contribution in [2.75, 3.05) is 5.32 Å². The van der Waals surface area contributed by atoms with Crippen LogP contribution < -0.4 is 5.32 Å². The minimum Gasteiger partial charge on any atom is -0.319 e. The number of amides is 1. The van der Waals surface area contributed by atoms with E-state index in [1.807, 2.05) is 6.07 Å². The van der Waals surface area contributed by atoms with Crippen LogP contribution in [0.3, 0.4) is 0 Å². The molecule has 0 saturated carbocycles. The first kappa shape index (κ1) is 14.6. The molecule has 0 saturated heterocycles. The van der Waals surface area contributed by atoms with Gasteiger partial charge in [0.25, 0.3) is 5.69 Å². The molecule has 6 nitrogen and oxygen atoms in total. The van der Waals surface area contributed by atoms with Crippen molar-refractivity contribution in [3.63, 3.8) is 0 Å². The molecule has 0 radical (unpaired) electrons. The molecule has 0 heterocycles. The van der Waals surface area contributed by atoms with Gasteiger partial charge in [-0.1, -0.05) is 6.92 Å². The lowest BCUT2D eigenvalue weighted by Gasteiger charge is -2.18. The maximum Gasteiger partial charge on any atom is 0.295 e. The summed E-state index contributed by atoms with van der Waals surface area (Å²) in [5.74, 6) is -1.43. The Bertz CT molecular complexity index is 568. The van der Waals surface area contributed by atoms with Gasteiger partial charge in [0.1, 0.15) is 16.9 Å². The summed E-state index contributed by atoms with van der Waals surface area (Å²) < 4.78 is 12.9. The second-order valence-electron chi connectivity index (χ2n) is 4.17. The Kier molecular flexibility index (Phi) is 4.17. The van der Waals surface area contributed by atoms with E-state index in [4.69, 9.17) is 5.26 Å². The van der Waals surface area contributed by atoms with Crippen molar-refractivity contribution in [2.45, 2.75) is 20.3 Å². The number of carbonyl (C=O) groups is 1. The lowest BCUT2D eigenvalue weighted by atomic mass is 9.88. The van der Waals surface area contributed by atoms with Crippen LogP contribution in [0.4, 0.5) is 15.8 Å². The lowest BCUT2D eigenvalue weighted by molar-refractivity contribution is -0.384. The van der Waals surface area contributed by atoms with Crippen LogP contribution in [0.5, 0.6) is 0 Å². The van der Waals surface area contributed by atoms with Crippen molar-refractivity contribution in [2.24, 2.45) is 5.41 Å². The van der Waals surface area contributed by atoms with E-state index in [2.05, 4.69) is 5.32 Å². The summed E-state index contributed by atoms with van der Waals surface area (Å²) in [7, 11) is 0. The van der Waals surface area contributed by atoms with Crippen LogP contribution in [-0.4, -0.2) is 10.8 Å². The zero-order valence-electron chi connectivity index (χ0n) is 10.4. The van der Waals surface area contributed by atoms with E-state index < -0.39 is 27.8 Å². The number of halogens is 1. The number of hydrogen-bond acceptors (Lipinski definition) is 4. The second kappa shape index (κ2) is 5.44. The minimum atomic E-state index is -1.29. The van der Waals surface area contributed by atoms with Crippen molar-refractivity contribution in [3.05, 3.63) is 34.1 Å². The maximum atomic E-state index is 12.9. The highest BCUT2D eigenvalue weighted by Crippen LogP contribution is 2.28. The predicted molar refractivity (Wildman–Crippen MR) is 65.7 cm³/mol. The molecule has 19 heavy (non-hydrogen) atoms. The zero-order chi connectivity index (χ0) is 14.6. The van der Waals surface area contributed by atoms with Gasteiger partial charge >= 0.3 is 0 Å². The SMILES string of the molecule is CCC(C)(C#N)C(=O)Nc1ccc(F)cc1[N+](=O)[O-]. The van der Waals surface area contributed by atoms with Gasteiger partial charge in [0.15, 0.2) is 0 Å². The number of carbonyl (C=O) groups excluding carboxylic acids is 1. The van der Waals surface area contributed by atoms with Gasteiger partial charge in [-0.3, -0.25) is 14.9 Å². The standard InChI is InChI=1S/C12H12FN3O3/c1-3-12(2,7-14)11(17)15-9-5-4-8(13)6-10(9)16(18)19/h4-6H,3H2,1-2H3,(H,15,17). The number of nitriles is 1. The molecule has 1 aromatic carbocycles. The highest BCUT2D eigenvalue weighted by Gasteiger charge is 2.32. The topological polar surface area (TPSA) is 96.0 Å². The Morgan fingerprint density at radius 2 is 2.26 bits per heavy atom. The largest absolute Gasteiger partial charge is 0.319 e. The summed E-state index contributed by atoms with van der Waals surface area (Å²) in [6, 6.07) is 4.66. The van der Waals surface area contributed by atoms with Gasteiger partial charge in [-0.05, 0) is 25.5 Å². The summed E-state index contributed by atoms with van der Waals surface area (Å²) in [5.41, 5.74) is -1.97. The molecule has 1 amide bonds. The van der Waals surface area contributed by atoms with Gasteiger partial charge in [0.05, 0.1) is 17.1 Å². The van der Waals surface area contributed by atoms with E-state index in [0.717, 1.165) is 12.1 Å². The van der Waals surface area contributed by atoms with Gasteiger partial charge in [-0.2, -0.15) is 5.26 Å². The Balaban J connectivity index is 3.11. The normalized spacial score (nSPS) is 13.2. The Hall–Kier alpha value is -2.49. The first-order valence-electron chi connectivity index (χ1n) is 5.50. The predicted octanol–water partition coefficient (Wildman–Crippen LogP) is 2.61. The maximum absolute atomic E-state index is 12.9. The van der Waals surface area contributed by atoms with Gasteiger partial charge < -0.3 is 5.32 Å². The summed E-state index contributed by atoms with van der Waals surface area (Å²) in [6.45, 7) is 3.08. The fraction of sp³-hybridized carbons (Fsp3) is 0.333. The van der Waals surface area contributed by atoms with Crippen LogP contribution in [0.1, 0.15) is 20.3 Å². The molecule has 7 heteroatoms. The fourth-order valence-electron chi connectivity index (χ4n) is 1.31. The van der Waals surface area contributed by atoms with Gasteiger partial charge in [0, 0.05) is 0 Å². The van der Waals surface area contributed by atoms with Crippen LogP contribution >= 0.6 is 0 Å². The number of anilines is 1. The molecule has 0 spiro atoms. The molecule has 1 rings (SSSR count). The zero-order valence-corrected chi connectivity index (χ0v) is 10.4. The Morgan fingerprint density at radius 1 is 1.63 bits per heavy atom. The molecule has 0 aliphatic rings. The van der Waals surface area contributed by atoms with E-state index in [1.54, 1.807) is 6.92 Å². The molecule has 0 aliphatic heterocycles. The second-order valence-corrected chi connectivity index (χ2v) is 4.17. The number of nitrogens with one attached hydrogen (secondary N) is 1. The number of nitro groups is 1. The van der Waals surface area contributed by atoms with Crippen LogP contribution in [0.15, 0.2) is 18.2 Å². The molecular weight excluding hydrogens is 253 g/mol. The van der Waals surface area contributed by atoms with E-state index >= 15 is 0 Å². The van der Waals surface area contributed by atoms with Gasteiger partial charge in [-0.15, -0.1) is 0 Å². The van der Waals surface area contributed by atoms with Crippen molar-refractivity contribution < 1.29 is 14.1 Å². The first-order valence-corrected chi connectivity index (χ1v) is 5.50. The smallest absolute Gasteiger partial charge is 0.295 e. The van der Waals surface area contributed by atoms with Crippen LogP contribution in [-0.2, 0) is 4.79 Å². The molecule has 1 unspecified atom stereocenters. The van der Waals surface area contributed by atoms with Crippen molar-refractivity contribution >= 4 is 17.3 Å². The van der Waals surface area contributed by atoms with E-state index in [-0.39, 0.29) is 12.1 Å². The number of benzene rings is 1. The molecule has 0 aromatic heterocycles. The summed E-state index contributed by atoms with van der Waals surface area (Å²) in [4.78, 5) is 21.9. The van der Waals surface area contributed by atoms with Crippen molar-refractivity contribution in [1.82, 2.24) is 0 Å². The Morgan fingerprint density at radius 3 is 2.74 bits per heavy atom. The average molecular weight is 265 g/mol. The minimum absolute atomic E-state index is 0.133. The third-order valence-electron chi connectivity index (χ3n) is 2.86. The van der Waals surface area contributed by atoms with E-state index in [0.29, 0.717) is 6.07 Å². The third-order valence-corrected chi connectivity index (χ3v) is 2.86. The molecule has 0 bridgehead atoms. The van der Waals surface area contributed by atoms with Crippen molar-refractivity contribution in [1.29, 1.82) is 5.26 Å². The van der Waals surface area contributed by atoms with Gasteiger partial charge in [-0.25, -0.2) is 4.39 Å². The third kappa shape index (κ3) is 3.04. The van der Waals surface area contributed by atoms with Crippen LogP contribution in [0.25, 0.3) is 0 Å². The van der Waals surface area contributed by atoms with Crippen LogP contribution in [0, 0.1) is 32.7 Å². The number of nitro benzene ring substituents is 1. The number of hydrogen-bond donors (Lipinski definition) is 1. The molecule has 0 aliphatic carbocycles. The average Bonchev–Trinajstić information content (AvgIpc) is 2.39. The van der Waals surface area contributed by atoms with Gasteiger partial charge in [0.2, 0.25) is 5.91 Å². The fourth-order valence-corrected chi connectivity index (χ4v) is 1.31. The highest BCUT2D eigenvalue weighted by atomic mass is 19.1. The van der Waals surface area contributed by atoms with E-state index in [1.165, 1.54) is 6.92 Å². The molecule has 1 N–H and O–H groups in total. The van der Waals surface area contributed by atoms with E-state index in [9.17, 15) is 19.3 Å². The first-order chi connectivity index (χ1) is 8.84. The number of rotatable bonds is 4. The Labute approximate surface area is 109 Å².